The summed E-state index contributed by atoms with van der Waals surface area (Å²) in [6.07, 6.45) is 4.35. The second-order valence-electron chi connectivity index (χ2n) is 3.88. The van der Waals surface area contributed by atoms with Gasteiger partial charge < -0.3 is 4.90 Å². The maximum Gasteiger partial charge on any atom is 0.0869 e. The molecule has 0 unspecified atom stereocenters. The van der Waals surface area contributed by atoms with E-state index in [9.17, 15) is 0 Å². The number of aryl methyl sites for hydroxylation is 1. The summed E-state index contributed by atoms with van der Waals surface area (Å²) in [6.45, 7) is 4.23. The van der Waals surface area contributed by atoms with Crippen LogP contribution in [0.4, 0.5) is 5.69 Å². The van der Waals surface area contributed by atoms with Crippen LogP contribution in [0.5, 0.6) is 0 Å². The average molecular weight is 282 g/mol. The van der Waals surface area contributed by atoms with Gasteiger partial charge in [0.25, 0.3) is 0 Å². The molecule has 2 heterocycles. The molecule has 5 heteroatoms. The average Bonchev–Trinajstić information content (AvgIpc) is 2.71. The van der Waals surface area contributed by atoms with E-state index in [1.165, 1.54) is 12.8 Å². The Bertz CT molecular complexity index is 362. The molecule has 0 N–H and O–H groups in total. The highest BCUT2D eigenvalue weighted by atomic mass is 35.5. The molecule has 2 rings (SSSR count). The summed E-state index contributed by atoms with van der Waals surface area (Å²) in [5.74, 6) is 0.375. The van der Waals surface area contributed by atoms with Crippen LogP contribution in [0.15, 0.2) is 6.20 Å². The van der Waals surface area contributed by atoms with Crippen molar-refractivity contribution in [1.82, 2.24) is 4.98 Å². The number of nitrogens with zero attached hydrogens (tertiary/aromatic N) is 2. The molecule has 0 saturated carbocycles. The Morgan fingerprint density at radius 3 is 2.56 bits per heavy atom. The minimum Gasteiger partial charge on any atom is -0.370 e. The summed E-state index contributed by atoms with van der Waals surface area (Å²) in [4.78, 5) is 6.57. The topological polar surface area (TPSA) is 16.1 Å². The minimum absolute atomic E-state index is 0. The number of aromatic nitrogens is 1. The normalized spacial score (nSPS) is 15.1. The number of halogens is 3. The lowest BCUT2D eigenvalue weighted by atomic mass is 10.2. The quantitative estimate of drug-likeness (QED) is 0.767. The largest absolute Gasteiger partial charge is 0.370 e. The first-order valence-corrected chi connectivity index (χ1v) is 6.10. The highest BCUT2D eigenvalue weighted by molar-refractivity contribution is 6.34. The predicted octanol–water partition coefficient (Wildman–Crippen LogP) is 3.80. The van der Waals surface area contributed by atoms with Crippen molar-refractivity contribution in [1.29, 1.82) is 0 Å². The summed E-state index contributed by atoms with van der Waals surface area (Å²) < 4.78 is 0. The first-order chi connectivity index (χ1) is 7.24. The SMILES string of the molecule is Cc1cnc(CCl)c(Cl)c1N1CCCC1.Cl. The van der Waals surface area contributed by atoms with Crippen LogP contribution >= 0.6 is 35.6 Å². The molecule has 0 atom stereocenters. The lowest BCUT2D eigenvalue weighted by molar-refractivity contribution is 0.949. The van der Waals surface area contributed by atoms with E-state index in [4.69, 9.17) is 23.2 Å². The van der Waals surface area contributed by atoms with Crippen LogP contribution < -0.4 is 4.90 Å². The monoisotopic (exact) mass is 280 g/mol. The zero-order chi connectivity index (χ0) is 10.8. The molecular weight excluding hydrogens is 266 g/mol. The Kier molecular flexibility index (Phi) is 5.16. The van der Waals surface area contributed by atoms with Crippen molar-refractivity contribution in [2.45, 2.75) is 25.6 Å². The smallest absolute Gasteiger partial charge is 0.0869 e. The second-order valence-corrected chi connectivity index (χ2v) is 4.52. The van der Waals surface area contributed by atoms with E-state index in [-0.39, 0.29) is 12.4 Å². The van der Waals surface area contributed by atoms with E-state index < -0.39 is 0 Å². The molecule has 1 aromatic rings. The summed E-state index contributed by atoms with van der Waals surface area (Å²) in [6, 6.07) is 0. The van der Waals surface area contributed by atoms with Gasteiger partial charge in [-0.1, -0.05) is 11.6 Å². The van der Waals surface area contributed by atoms with Gasteiger partial charge in [0.15, 0.2) is 0 Å². The molecule has 1 aliphatic rings. The molecule has 0 spiro atoms. The van der Waals surface area contributed by atoms with Gasteiger partial charge in [0.2, 0.25) is 0 Å². The molecule has 90 valence electrons. The third kappa shape index (κ3) is 2.55. The summed E-state index contributed by atoms with van der Waals surface area (Å²) in [5, 5.41) is 0.729. The van der Waals surface area contributed by atoms with E-state index in [0.717, 1.165) is 35.1 Å². The van der Waals surface area contributed by atoms with Gasteiger partial charge in [0.05, 0.1) is 22.3 Å². The predicted molar refractivity (Wildman–Crippen MR) is 72.2 cm³/mol. The zero-order valence-electron chi connectivity index (χ0n) is 9.17. The van der Waals surface area contributed by atoms with Crippen molar-refractivity contribution in [2.75, 3.05) is 18.0 Å². The fourth-order valence-corrected chi connectivity index (χ4v) is 2.68. The molecule has 1 aromatic heterocycles. The van der Waals surface area contributed by atoms with Crippen LogP contribution in [0.3, 0.4) is 0 Å². The van der Waals surface area contributed by atoms with E-state index in [1.54, 1.807) is 0 Å². The molecule has 1 fully saturated rings. The van der Waals surface area contributed by atoms with Crippen LogP contribution in [0, 0.1) is 6.92 Å². The van der Waals surface area contributed by atoms with Gasteiger partial charge in [-0.15, -0.1) is 24.0 Å². The maximum absolute atomic E-state index is 6.31. The number of rotatable bonds is 2. The Balaban J connectivity index is 0.00000128. The molecule has 0 amide bonds. The van der Waals surface area contributed by atoms with E-state index in [0.29, 0.717) is 5.88 Å². The van der Waals surface area contributed by atoms with Crippen molar-refractivity contribution in [2.24, 2.45) is 0 Å². The number of alkyl halides is 1. The molecule has 0 aliphatic carbocycles. The zero-order valence-corrected chi connectivity index (χ0v) is 11.5. The van der Waals surface area contributed by atoms with Crippen molar-refractivity contribution in [3.8, 4) is 0 Å². The molecule has 2 nitrogen and oxygen atoms in total. The molecular formula is C11H15Cl3N2. The summed E-state index contributed by atoms with van der Waals surface area (Å²) >= 11 is 12.1. The standard InChI is InChI=1S/C11H14Cl2N2.ClH/c1-8-7-14-9(6-12)10(13)11(8)15-4-2-3-5-15;/h7H,2-6H2,1H3;1H. The molecule has 16 heavy (non-hydrogen) atoms. The van der Waals surface area contributed by atoms with Crippen LogP contribution in [0.1, 0.15) is 24.1 Å². The third-order valence-electron chi connectivity index (χ3n) is 2.80. The van der Waals surface area contributed by atoms with Gasteiger partial charge in [-0.05, 0) is 25.3 Å². The van der Waals surface area contributed by atoms with Crippen molar-refractivity contribution in [3.63, 3.8) is 0 Å². The fourth-order valence-electron chi connectivity index (χ4n) is 2.02. The highest BCUT2D eigenvalue weighted by Crippen LogP contribution is 2.34. The van der Waals surface area contributed by atoms with Gasteiger partial charge >= 0.3 is 0 Å². The Morgan fingerprint density at radius 2 is 2.00 bits per heavy atom. The lowest BCUT2D eigenvalue weighted by Gasteiger charge is -2.22. The highest BCUT2D eigenvalue weighted by Gasteiger charge is 2.19. The number of pyridine rings is 1. The van der Waals surface area contributed by atoms with Gasteiger partial charge in [0, 0.05) is 19.3 Å². The van der Waals surface area contributed by atoms with Gasteiger partial charge in [-0.25, -0.2) is 0 Å². The Hall–Kier alpha value is -0.180. The second kappa shape index (κ2) is 5.95. The molecule has 1 saturated heterocycles. The number of anilines is 1. The Labute approximate surface area is 112 Å². The summed E-state index contributed by atoms with van der Waals surface area (Å²) in [7, 11) is 0. The van der Waals surface area contributed by atoms with E-state index >= 15 is 0 Å². The lowest BCUT2D eigenvalue weighted by Crippen LogP contribution is -2.19. The molecule has 1 aliphatic heterocycles. The van der Waals surface area contributed by atoms with Crippen LogP contribution in [0.2, 0.25) is 5.02 Å². The van der Waals surface area contributed by atoms with Gasteiger partial charge in [-0.2, -0.15) is 0 Å². The van der Waals surface area contributed by atoms with Crippen molar-refractivity contribution >= 4 is 41.3 Å². The molecule has 0 aromatic carbocycles. The molecule has 0 radical (unpaired) electrons. The van der Waals surface area contributed by atoms with E-state index in [1.807, 2.05) is 13.1 Å². The Morgan fingerprint density at radius 1 is 1.38 bits per heavy atom. The van der Waals surface area contributed by atoms with Gasteiger partial charge in [-0.3, -0.25) is 4.98 Å². The first-order valence-electron chi connectivity index (χ1n) is 5.19. The first kappa shape index (κ1) is 13.9. The van der Waals surface area contributed by atoms with Crippen LogP contribution in [0.25, 0.3) is 0 Å². The van der Waals surface area contributed by atoms with Crippen LogP contribution in [-0.2, 0) is 5.88 Å². The number of hydrogen-bond donors (Lipinski definition) is 0. The van der Waals surface area contributed by atoms with Crippen molar-refractivity contribution in [3.05, 3.63) is 22.5 Å². The molecule has 0 bridgehead atoms. The van der Waals surface area contributed by atoms with Crippen LogP contribution in [-0.4, -0.2) is 18.1 Å². The van der Waals surface area contributed by atoms with Gasteiger partial charge in [0.1, 0.15) is 0 Å². The van der Waals surface area contributed by atoms with Crippen molar-refractivity contribution < 1.29 is 0 Å². The van der Waals surface area contributed by atoms with E-state index in [2.05, 4.69) is 9.88 Å². The number of hydrogen-bond acceptors (Lipinski definition) is 2. The third-order valence-corrected chi connectivity index (χ3v) is 3.45. The minimum atomic E-state index is 0. The summed E-state index contributed by atoms with van der Waals surface area (Å²) in [5.41, 5.74) is 3.04. The maximum atomic E-state index is 6.31. The fraction of sp³-hybridized carbons (Fsp3) is 0.545.